The Kier molecular flexibility index (Phi) is 4.55. The summed E-state index contributed by atoms with van der Waals surface area (Å²) < 4.78 is 4.91. The van der Waals surface area contributed by atoms with Crippen LogP contribution in [-0.2, 0) is 9.53 Å². The van der Waals surface area contributed by atoms with Gasteiger partial charge in [0.05, 0.1) is 17.9 Å². The maximum Gasteiger partial charge on any atom is 0.414 e. The molecule has 0 spiro atoms. The summed E-state index contributed by atoms with van der Waals surface area (Å²) in [6, 6.07) is 7.14. The monoisotopic (exact) mass is 272 g/mol. The average Bonchev–Trinajstić information content (AvgIpc) is 2.86. The molecule has 1 aliphatic heterocycles. The van der Waals surface area contributed by atoms with Crippen molar-refractivity contribution in [1.29, 1.82) is 0 Å². The Balaban J connectivity index is 2.16. The Bertz CT molecular complexity index is 564. The molecule has 2 amide bonds. The van der Waals surface area contributed by atoms with E-state index in [1.807, 2.05) is 19.1 Å². The number of ether oxygens (including phenoxy) is 1. The topological polar surface area (TPSA) is 58.6 Å². The molecule has 2 rings (SSSR count). The van der Waals surface area contributed by atoms with Gasteiger partial charge in [0.15, 0.2) is 0 Å². The number of amides is 2. The van der Waals surface area contributed by atoms with E-state index in [4.69, 9.17) is 4.74 Å². The molecule has 5 nitrogen and oxygen atoms in total. The van der Waals surface area contributed by atoms with E-state index < -0.39 is 6.09 Å². The predicted octanol–water partition coefficient (Wildman–Crippen LogP) is 2.71. The molecule has 1 saturated heterocycles. The molecule has 0 unspecified atom stereocenters. The SMILES string of the molecule is C/C=C/C=C\C(=O)Nc1ccccc1N1CCOC1=O. The van der Waals surface area contributed by atoms with Gasteiger partial charge < -0.3 is 10.1 Å². The minimum absolute atomic E-state index is 0.247. The zero-order chi connectivity index (χ0) is 14.4. The fraction of sp³-hybridized carbons (Fsp3) is 0.200. The quantitative estimate of drug-likeness (QED) is 0.677. The number of anilines is 2. The molecule has 5 heteroatoms. The molecule has 0 bridgehead atoms. The number of rotatable bonds is 4. The van der Waals surface area contributed by atoms with E-state index in [0.717, 1.165) is 0 Å². The van der Waals surface area contributed by atoms with E-state index in [1.54, 1.807) is 30.4 Å². The summed E-state index contributed by atoms with van der Waals surface area (Å²) >= 11 is 0. The molecular weight excluding hydrogens is 256 g/mol. The van der Waals surface area contributed by atoms with Gasteiger partial charge in [-0.1, -0.05) is 30.4 Å². The lowest BCUT2D eigenvalue weighted by Gasteiger charge is -2.17. The van der Waals surface area contributed by atoms with E-state index in [-0.39, 0.29) is 5.91 Å². The zero-order valence-electron chi connectivity index (χ0n) is 11.2. The molecule has 0 aromatic heterocycles. The van der Waals surface area contributed by atoms with Crippen LogP contribution in [0.3, 0.4) is 0 Å². The van der Waals surface area contributed by atoms with Crippen LogP contribution in [0.2, 0.25) is 0 Å². The van der Waals surface area contributed by atoms with Gasteiger partial charge in [0.2, 0.25) is 5.91 Å². The summed E-state index contributed by atoms with van der Waals surface area (Å²) in [5.74, 6) is -0.247. The van der Waals surface area contributed by atoms with Crippen LogP contribution < -0.4 is 10.2 Å². The highest BCUT2D eigenvalue weighted by Crippen LogP contribution is 2.27. The van der Waals surface area contributed by atoms with Crippen LogP contribution in [0.25, 0.3) is 0 Å². The normalized spacial score (nSPS) is 15.1. The Morgan fingerprint density at radius 3 is 2.85 bits per heavy atom. The first kappa shape index (κ1) is 13.9. The third-order valence-electron chi connectivity index (χ3n) is 2.76. The van der Waals surface area contributed by atoms with Crippen molar-refractivity contribution in [3.8, 4) is 0 Å². The third kappa shape index (κ3) is 3.26. The number of para-hydroxylation sites is 2. The Morgan fingerprint density at radius 2 is 2.15 bits per heavy atom. The van der Waals surface area contributed by atoms with Crippen LogP contribution >= 0.6 is 0 Å². The maximum atomic E-state index is 11.8. The minimum Gasteiger partial charge on any atom is -0.447 e. The van der Waals surface area contributed by atoms with Gasteiger partial charge in [0.25, 0.3) is 0 Å². The molecule has 1 heterocycles. The second-order valence-electron chi connectivity index (χ2n) is 4.16. The largest absolute Gasteiger partial charge is 0.447 e. The van der Waals surface area contributed by atoms with Crippen LogP contribution in [0.5, 0.6) is 0 Å². The molecule has 1 aromatic carbocycles. The highest BCUT2D eigenvalue weighted by atomic mass is 16.6. The van der Waals surface area contributed by atoms with Gasteiger partial charge in [-0.3, -0.25) is 9.69 Å². The lowest BCUT2D eigenvalue weighted by molar-refractivity contribution is -0.111. The molecule has 0 atom stereocenters. The van der Waals surface area contributed by atoms with Gasteiger partial charge in [-0.2, -0.15) is 0 Å². The Morgan fingerprint density at radius 1 is 1.35 bits per heavy atom. The van der Waals surface area contributed by atoms with Gasteiger partial charge in [0.1, 0.15) is 6.61 Å². The maximum absolute atomic E-state index is 11.8. The Labute approximate surface area is 117 Å². The number of hydrogen-bond acceptors (Lipinski definition) is 3. The van der Waals surface area contributed by atoms with E-state index in [1.165, 1.54) is 11.0 Å². The number of nitrogens with zero attached hydrogens (tertiary/aromatic N) is 1. The van der Waals surface area contributed by atoms with E-state index >= 15 is 0 Å². The summed E-state index contributed by atoms with van der Waals surface area (Å²) in [7, 11) is 0. The third-order valence-corrected chi connectivity index (χ3v) is 2.76. The van der Waals surface area contributed by atoms with Crippen molar-refractivity contribution in [2.75, 3.05) is 23.4 Å². The van der Waals surface area contributed by atoms with Gasteiger partial charge in [-0.05, 0) is 19.1 Å². The molecule has 0 saturated carbocycles. The smallest absolute Gasteiger partial charge is 0.414 e. The number of cyclic esters (lactones) is 1. The van der Waals surface area contributed by atoms with Crippen LogP contribution in [-0.4, -0.2) is 25.2 Å². The lowest BCUT2D eigenvalue weighted by Crippen LogP contribution is -2.25. The van der Waals surface area contributed by atoms with Crippen molar-refractivity contribution < 1.29 is 14.3 Å². The molecule has 1 fully saturated rings. The molecule has 1 N–H and O–H groups in total. The highest BCUT2D eigenvalue weighted by Gasteiger charge is 2.25. The number of carbonyl (C=O) groups is 2. The molecular formula is C15H16N2O3. The predicted molar refractivity (Wildman–Crippen MR) is 77.7 cm³/mol. The van der Waals surface area contributed by atoms with Crippen molar-refractivity contribution in [3.63, 3.8) is 0 Å². The van der Waals surface area contributed by atoms with Gasteiger partial charge in [0, 0.05) is 6.08 Å². The second-order valence-corrected chi connectivity index (χ2v) is 4.16. The standard InChI is InChI=1S/C15H16N2O3/c1-2-3-4-9-14(18)16-12-7-5-6-8-13(12)17-10-11-20-15(17)19/h2-9H,10-11H2,1H3,(H,16,18)/b3-2+,9-4-. The van der Waals surface area contributed by atoms with Gasteiger partial charge in [-0.25, -0.2) is 4.79 Å². The molecule has 104 valence electrons. The number of nitrogens with one attached hydrogen (secondary N) is 1. The summed E-state index contributed by atoms with van der Waals surface area (Å²) in [6.45, 7) is 2.72. The van der Waals surface area contributed by atoms with Gasteiger partial charge in [-0.15, -0.1) is 0 Å². The van der Waals surface area contributed by atoms with E-state index in [9.17, 15) is 9.59 Å². The van der Waals surface area contributed by atoms with E-state index in [2.05, 4.69) is 5.32 Å². The first-order valence-electron chi connectivity index (χ1n) is 6.36. The van der Waals surface area contributed by atoms with Crippen molar-refractivity contribution in [1.82, 2.24) is 0 Å². The molecule has 1 aromatic rings. The number of hydrogen-bond donors (Lipinski definition) is 1. The molecule has 20 heavy (non-hydrogen) atoms. The average molecular weight is 272 g/mol. The van der Waals surface area contributed by atoms with E-state index in [0.29, 0.717) is 24.5 Å². The van der Waals surface area contributed by atoms with Crippen molar-refractivity contribution >= 4 is 23.4 Å². The molecule has 0 aliphatic carbocycles. The summed E-state index contributed by atoms with van der Waals surface area (Å²) in [6.07, 6.45) is 6.29. The van der Waals surface area contributed by atoms with Gasteiger partial charge >= 0.3 is 6.09 Å². The van der Waals surface area contributed by atoms with Crippen LogP contribution in [0.15, 0.2) is 48.6 Å². The van der Waals surface area contributed by atoms with Crippen molar-refractivity contribution in [3.05, 3.63) is 48.6 Å². The zero-order valence-corrected chi connectivity index (χ0v) is 11.2. The van der Waals surface area contributed by atoms with Crippen LogP contribution in [0.1, 0.15) is 6.92 Å². The van der Waals surface area contributed by atoms with Crippen molar-refractivity contribution in [2.24, 2.45) is 0 Å². The van der Waals surface area contributed by atoms with Crippen molar-refractivity contribution in [2.45, 2.75) is 6.92 Å². The molecule has 1 aliphatic rings. The first-order chi connectivity index (χ1) is 9.72. The fourth-order valence-corrected chi connectivity index (χ4v) is 1.86. The number of benzene rings is 1. The summed E-state index contributed by atoms with van der Waals surface area (Å²) in [4.78, 5) is 24.9. The fourth-order valence-electron chi connectivity index (χ4n) is 1.86. The number of allylic oxidation sites excluding steroid dienone is 3. The Hall–Kier alpha value is -2.56. The lowest BCUT2D eigenvalue weighted by atomic mass is 10.2. The first-order valence-corrected chi connectivity index (χ1v) is 6.36. The number of carbonyl (C=O) groups excluding carboxylic acids is 2. The highest BCUT2D eigenvalue weighted by molar-refractivity contribution is 6.03. The van der Waals surface area contributed by atoms with Crippen LogP contribution in [0.4, 0.5) is 16.2 Å². The summed E-state index contributed by atoms with van der Waals surface area (Å²) in [5.41, 5.74) is 1.23. The molecule has 0 radical (unpaired) electrons. The summed E-state index contributed by atoms with van der Waals surface area (Å²) in [5, 5.41) is 2.76. The second kappa shape index (κ2) is 6.56. The minimum atomic E-state index is -0.392. The van der Waals surface area contributed by atoms with Crippen LogP contribution in [0, 0.1) is 0 Å².